The van der Waals surface area contributed by atoms with Gasteiger partial charge in [-0.15, -0.1) is 0 Å². The average Bonchev–Trinajstić information content (AvgIpc) is 2.38. The number of rotatable bonds is 4. The van der Waals surface area contributed by atoms with Crippen molar-refractivity contribution in [1.29, 1.82) is 0 Å². The first-order chi connectivity index (χ1) is 8.66. The summed E-state index contributed by atoms with van der Waals surface area (Å²) in [5, 5.41) is 0. The van der Waals surface area contributed by atoms with Gasteiger partial charge in [0, 0.05) is 6.61 Å². The van der Waals surface area contributed by atoms with Crippen LogP contribution in [0.3, 0.4) is 0 Å². The number of carbonyl (C=O) groups excluding carboxylic acids is 1. The van der Waals surface area contributed by atoms with Gasteiger partial charge in [-0.1, -0.05) is 0 Å². The molecule has 0 saturated carbocycles. The van der Waals surface area contributed by atoms with Gasteiger partial charge in [0.1, 0.15) is 12.3 Å². The molecule has 1 atom stereocenters. The molecule has 1 aliphatic heterocycles. The molecule has 0 spiro atoms. The van der Waals surface area contributed by atoms with Crippen molar-refractivity contribution in [2.24, 2.45) is 5.73 Å². The summed E-state index contributed by atoms with van der Waals surface area (Å²) >= 11 is 0. The zero-order chi connectivity index (χ0) is 13.0. The number of nitrogen functional groups attached to an aromatic ring is 1. The molecule has 1 unspecified atom stereocenters. The highest BCUT2D eigenvalue weighted by Gasteiger charge is 2.16. The van der Waals surface area contributed by atoms with Crippen molar-refractivity contribution in [3.63, 3.8) is 0 Å². The van der Waals surface area contributed by atoms with Gasteiger partial charge in [-0.3, -0.25) is 4.79 Å². The number of nitrogens with zero attached hydrogens (tertiary/aromatic N) is 1. The molecule has 0 bridgehead atoms. The lowest BCUT2D eigenvalue weighted by molar-refractivity contribution is -0.0117. The highest BCUT2D eigenvalue weighted by molar-refractivity contribution is 5.91. The van der Waals surface area contributed by atoms with Gasteiger partial charge >= 0.3 is 0 Å². The lowest BCUT2D eigenvalue weighted by Crippen LogP contribution is -2.26. The number of ether oxygens (including phenoxy) is 2. The first kappa shape index (κ1) is 12.6. The Kier molecular flexibility index (Phi) is 3.99. The lowest BCUT2D eigenvalue weighted by Gasteiger charge is -2.22. The number of aromatic nitrogens is 1. The van der Waals surface area contributed by atoms with Crippen LogP contribution in [0.1, 0.15) is 29.8 Å². The zero-order valence-corrected chi connectivity index (χ0v) is 10.1. The normalized spacial score (nSPS) is 19.4. The Labute approximate surface area is 105 Å². The number of carbonyl (C=O) groups is 1. The van der Waals surface area contributed by atoms with Gasteiger partial charge in [-0.05, 0) is 31.4 Å². The Morgan fingerprint density at radius 3 is 3.00 bits per heavy atom. The van der Waals surface area contributed by atoms with E-state index in [1.165, 1.54) is 6.07 Å². The van der Waals surface area contributed by atoms with Crippen LogP contribution in [-0.4, -0.2) is 30.2 Å². The van der Waals surface area contributed by atoms with Gasteiger partial charge in [-0.25, -0.2) is 4.98 Å². The fraction of sp³-hybridized carbons (Fsp3) is 0.500. The molecule has 1 aromatic heterocycles. The smallest absolute Gasteiger partial charge is 0.267 e. The number of hydrogen-bond donors (Lipinski definition) is 2. The monoisotopic (exact) mass is 251 g/mol. The minimum atomic E-state index is -0.603. The first-order valence-electron chi connectivity index (χ1n) is 5.97. The molecule has 0 radical (unpaired) electrons. The first-order valence-corrected chi connectivity index (χ1v) is 5.97. The highest BCUT2D eigenvalue weighted by atomic mass is 16.5. The van der Waals surface area contributed by atoms with E-state index in [4.69, 9.17) is 20.9 Å². The van der Waals surface area contributed by atoms with Crippen molar-refractivity contribution >= 4 is 11.6 Å². The van der Waals surface area contributed by atoms with Crippen LogP contribution in [0.5, 0.6) is 5.88 Å². The standard InChI is InChI=1S/C12H17N3O3/c13-9-4-5-10(11(14)16)15-12(9)18-7-8-3-1-2-6-17-8/h4-5,8H,1-3,6-7,13H2,(H2,14,16). The van der Waals surface area contributed by atoms with Crippen molar-refractivity contribution in [2.45, 2.75) is 25.4 Å². The summed E-state index contributed by atoms with van der Waals surface area (Å²) in [6.07, 6.45) is 3.26. The molecule has 0 aliphatic carbocycles. The average molecular weight is 251 g/mol. The number of hydrogen-bond acceptors (Lipinski definition) is 5. The van der Waals surface area contributed by atoms with E-state index >= 15 is 0 Å². The molecule has 1 aromatic rings. The van der Waals surface area contributed by atoms with Crippen LogP contribution in [0.4, 0.5) is 5.69 Å². The molecule has 1 saturated heterocycles. The molecule has 1 amide bonds. The second-order valence-electron chi connectivity index (χ2n) is 4.25. The summed E-state index contributed by atoms with van der Waals surface area (Å²) in [6, 6.07) is 3.03. The summed E-state index contributed by atoms with van der Waals surface area (Å²) in [5.74, 6) is -0.366. The van der Waals surface area contributed by atoms with Crippen molar-refractivity contribution in [3.8, 4) is 5.88 Å². The van der Waals surface area contributed by atoms with Crippen molar-refractivity contribution in [2.75, 3.05) is 18.9 Å². The van der Waals surface area contributed by atoms with E-state index < -0.39 is 5.91 Å². The van der Waals surface area contributed by atoms with Gasteiger partial charge in [0.05, 0.1) is 11.8 Å². The largest absolute Gasteiger partial charge is 0.473 e. The highest BCUT2D eigenvalue weighted by Crippen LogP contribution is 2.20. The fourth-order valence-electron chi connectivity index (χ4n) is 1.81. The molecular formula is C12H17N3O3. The second-order valence-corrected chi connectivity index (χ2v) is 4.25. The van der Waals surface area contributed by atoms with Crippen molar-refractivity contribution in [1.82, 2.24) is 4.98 Å². The van der Waals surface area contributed by atoms with Crippen molar-refractivity contribution < 1.29 is 14.3 Å². The molecule has 1 fully saturated rings. The quantitative estimate of drug-likeness (QED) is 0.820. The van der Waals surface area contributed by atoms with Gasteiger partial charge in [0.25, 0.3) is 5.91 Å². The van der Waals surface area contributed by atoms with E-state index in [0.717, 1.165) is 25.9 Å². The Bertz CT molecular complexity index is 431. The molecule has 6 nitrogen and oxygen atoms in total. The number of nitrogens with two attached hydrogens (primary N) is 2. The molecule has 6 heteroatoms. The van der Waals surface area contributed by atoms with E-state index in [0.29, 0.717) is 12.3 Å². The number of anilines is 1. The lowest BCUT2D eigenvalue weighted by atomic mass is 10.1. The van der Waals surface area contributed by atoms with Crippen LogP contribution in [0.2, 0.25) is 0 Å². The fourth-order valence-corrected chi connectivity index (χ4v) is 1.81. The SMILES string of the molecule is NC(=O)c1ccc(N)c(OCC2CCCCO2)n1. The predicted molar refractivity (Wildman–Crippen MR) is 66.3 cm³/mol. The Hall–Kier alpha value is -1.82. The maximum Gasteiger partial charge on any atom is 0.267 e. The van der Waals surface area contributed by atoms with E-state index in [1.54, 1.807) is 6.07 Å². The maximum atomic E-state index is 11.0. The number of pyridine rings is 1. The Morgan fingerprint density at radius 2 is 2.33 bits per heavy atom. The summed E-state index contributed by atoms with van der Waals surface area (Å²) in [5.41, 5.74) is 11.4. The molecule has 98 valence electrons. The van der Waals surface area contributed by atoms with Crippen LogP contribution in [0, 0.1) is 0 Å². The van der Waals surface area contributed by atoms with Crippen LogP contribution in [0.15, 0.2) is 12.1 Å². The number of primary amides is 1. The summed E-state index contributed by atoms with van der Waals surface area (Å²) < 4.78 is 11.0. The van der Waals surface area contributed by atoms with Gasteiger partial charge in [-0.2, -0.15) is 0 Å². The van der Waals surface area contributed by atoms with E-state index in [-0.39, 0.29) is 17.7 Å². The van der Waals surface area contributed by atoms with Crippen LogP contribution in [0.25, 0.3) is 0 Å². The molecule has 4 N–H and O–H groups in total. The predicted octanol–water partition coefficient (Wildman–Crippen LogP) is 0.711. The molecule has 2 heterocycles. The minimum absolute atomic E-state index is 0.0668. The minimum Gasteiger partial charge on any atom is -0.473 e. The van der Waals surface area contributed by atoms with Gasteiger partial charge in [0.2, 0.25) is 5.88 Å². The third-order valence-corrected chi connectivity index (χ3v) is 2.82. The molecule has 1 aliphatic rings. The van der Waals surface area contributed by atoms with E-state index in [2.05, 4.69) is 4.98 Å². The van der Waals surface area contributed by atoms with Crippen LogP contribution in [-0.2, 0) is 4.74 Å². The zero-order valence-electron chi connectivity index (χ0n) is 10.1. The maximum absolute atomic E-state index is 11.0. The van der Waals surface area contributed by atoms with E-state index in [9.17, 15) is 4.79 Å². The van der Waals surface area contributed by atoms with Crippen LogP contribution < -0.4 is 16.2 Å². The van der Waals surface area contributed by atoms with Crippen LogP contribution >= 0.6 is 0 Å². The van der Waals surface area contributed by atoms with Crippen molar-refractivity contribution in [3.05, 3.63) is 17.8 Å². The summed E-state index contributed by atoms with van der Waals surface area (Å²) in [6.45, 7) is 1.15. The Balaban J connectivity index is 1.99. The third-order valence-electron chi connectivity index (χ3n) is 2.82. The van der Waals surface area contributed by atoms with E-state index in [1.807, 2.05) is 0 Å². The molecule has 0 aromatic carbocycles. The summed E-state index contributed by atoms with van der Waals surface area (Å²) in [4.78, 5) is 15.0. The molecular weight excluding hydrogens is 234 g/mol. The van der Waals surface area contributed by atoms with Gasteiger partial charge < -0.3 is 20.9 Å². The molecule has 18 heavy (non-hydrogen) atoms. The van der Waals surface area contributed by atoms with Gasteiger partial charge in [0.15, 0.2) is 0 Å². The summed E-state index contributed by atoms with van der Waals surface area (Å²) in [7, 11) is 0. The topological polar surface area (TPSA) is 100 Å². The third kappa shape index (κ3) is 3.10. The second kappa shape index (κ2) is 5.68. The molecule has 2 rings (SSSR count). The number of amides is 1. The Morgan fingerprint density at radius 1 is 1.50 bits per heavy atom.